The molecule has 0 aliphatic carbocycles. The molecule has 0 spiro atoms. The van der Waals surface area contributed by atoms with Crippen molar-refractivity contribution in [3.8, 4) is 5.75 Å². The Morgan fingerprint density at radius 2 is 1.87 bits per heavy atom. The highest BCUT2D eigenvalue weighted by Gasteiger charge is 2.47. The maximum Gasteiger partial charge on any atom is 0.355 e. The molecule has 204 valence electrons. The van der Waals surface area contributed by atoms with E-state index in [1.165, 1.54) is 12.0 Å². The van der Waals surface area contributed by atoms with Gasteiger partial charge in [0.25, 0.3) is 11.7 Å². The molecule has 0 radical (unpaired) electrons. The quantitative estimate of drug-likeness (QED) is 0.222. The van der Waals surface area contributed by atoms with E-state index in [0.29, 0.717) is 54.3 Å². The third-order valence-electron chi connectivity index (χ3n) is 7.10. The molecule has 1 atom stereocenters. The first-order valence-electron chi connectivity index (χ1n) is 12.9. The smallest absolute Gasteiger partial charge is 0.355 e. The van der Waals surface area contributed by atoms with Crippen LogP contribution >= 0.6 is 0 Å². The van der Waals surface area contributed by atoms with Crippen molar-refractivity contribution in [3.63, 3.8) is 0 Å². The SMILES string of the molecule is CCOC(=O)c1[nH]c(C)c(C(O)=C2C(=O)C(=O)N(CCCN3CCOCC3)[C@H]2c2ccccc2OC)c1C. The van der Waals surface area contributed by atoms with Gasteiger partial charge in [0.2, 0.25) is 0 Å². The van der Waals surface area contributed by atoms with Crippen LogP contribution in [0.15, 0.2) is 29.8 Å². The number of hydrogen-bond donors (Lipinski definition) is 2. The van der Waals surface area contributed by atoms with E-state index < -0.39 is 23.7 Å². The van der Waals surface area contributed by atoms with Gasteiger partial charge in [0.05, 0.1) is 38.5 Å². The monoisotopic (exact) mass is 525 g/mol. The van der Waals surface area contributed by atoms with Crippen molar-refractivity contribution in [1.29, 1.82) is 0 Å². The number of nitrogens with zero attached hydrogens (tertiary/aromatic N) is 2. The van der Waals surface area contributed by atoms with Crippen LogP contribution in [0.5, 0.6) is 5.75 Å². The summed E-state index contributed by atoms with van der Waals surface area (Å²) in [5.74, 6) is -1.85. The summed E-state index contributed by atoms with van der Waals surface area (Å²) in [4.78, 5) is 46.0. The van der Waals surface area contributed by atoms with Gasteiger partial charge in [-0.3, -0.25) is 14.5 Å². The van der Waals surface area contributed by atoms with E-state index in [-0.39, 0.29) is 23.6 Å². The average molecular weight is 526 g/mol. The Kier molecular flexibility index (Phi) is 8.53. The predicted octanol–water partition coefficient (Wildman–Crippen LogP) is 2.96. The number of Topliss-reactive ketones (excluding diaryl/α,β-unsaturated/α-hetero) is 1. The summed E-state index contributed by atoms with van der Waals surface area (Å²) < 4.78 is 16.1. The van der Waals surface area contributed by atoms with Gasteiger partial charge in [-0.05, 0) is 38.8 Å². The number of H-pyrrole nitrogens is 1. The van der Waals surface area contributed by atoms with E-state index >= 15 is 0 Å². The van der Waals surface area contributed by atoms with Crippen molar-refractivity contribution < 1.29 is 33.7 Å². The van der Waals surface area contributed by atoms with E-state index in [4.69, 9.17) is 14.2 Å². The van der Waals surface area contributed by atoms with Gasteiger partial charge in [-0.1, -0.05) is 18.2 Å². The van der Waals surface area contributed by atoms with Crippen LogP contribution in [0.4, 0.5) is 0 Å². The van der Waals surface area contributed by atoms with Gasteiger partial charge in [0.15, 0.2) is 0 Å². The van der Waals surface area contributed by atoms with Gasteiger partial charge >= 0.3 is 5.97 Å². The van der Waals surface area contributed by atoms with E-state index in [2.05, 4.69) is 9.88 Å². The van der Waals surface area contributed by atoms with Crippen molar-refractivity contribution in [2.45, 2.75) is 33.2 Å². The minimum Gasteiger partial charge on any atom is -0.507 e. The van der Waals surface area contributed by atoms with E-state index in [1.54, 1.807) is 45.0 Å². The highest BCUT2D eigenvalue weighted by molar-refractivity contribution is 6.46. The third-order valence-corrected chi connectivity index (χ3v) is 7.10. The number of aliphatic hydroxyl groups is 1. The van der Waals surface area contributed by atoms with Gasteiger partial charge in [-0.2, -0.15) is 0 Å². The summed E-state index contributed by atoms with van der Waals surface area (Å²) in [6.07, 6.45) is 0.647. The summed E-state index contributed by atoms with van der Waals surface area (Å²) >= 11 is 0. The Morgan fingerprint density at radius 3 is 2.55 bits per heavy atom. The average Bonchev–Trinajstić information content (AvgIpc) is 3.36. The lowest BCUT2D eigenvalue weighted by Crippen LogP contribution is -2.39. The Balaban J connectivity index is 1.77. The molecule has 1 aromatic carbocycles. The lowest BCUT2D eigenvalue weighted by Gasteiger charge is -2.29. The molecule has 10 nitrogen and oxygen atoms in total. The summed E-state index contributed by atoms with van der Waals surface area (Å²) in [6.45, 7) is 9.34. The second-order valence-electron chi connectivity index (χ2n) is 9.39. The highest BCUT2D eigenvalue weighted by atomic mass is 16.5. The van der Waals surface area contributed by atoms with E-state index in [0.717, 1.165) is 19.6 Å². The number of amides is 1. The molecule has 0 saturated carbocycles. The van der Waals surface area contributed by atoms with Crippen molar-refractivity contribution in [1.82, 2.24) is 14.8 Å². The summed E-state index contributed by atoms with van der Waals surface area (Å²) in [6, 6.07) is 6.31. The number of hydrogen-bond acceptors (Lipinski definition) is 8. The number of ether oxygens (including phenoxy) is 3. The van der Waals surface area contributed by atoms with Crippen molar-refractivity contribution >= 4 is 23.4 Å². The fraction of sp³-hybridized carbons (Fsp3) is 0.464. The summed E-state index contributed by atoms with van der Waals surface area (Å²) in [7, 11) is 1.52. The number of rotatable bonds is 9. The van der Waals surface area contributed by atoms with Crippen LogP contribution in [-0.2, 0) is 19.1 Å². The highest BCUT2D eigenvalue weighted by Crippen LogP contribution is 2.43. The van der Waals surface area contributed by atoms with Crippen LogP contribution in [0.3, 0.4) is 0 Å². The number of aliphatic hydroxyl groups excluding tert-OH is 1. The molecule has 4 rings (SSSR count). The second kappa shape index (κ2) is 11.8. The minimum absolute atomic E-state index is 0.0357. The molecule has 3 heterocycles. The number of carbonyl (C=O) groups excluding carboxylic acids is 3. The molecule has 2 saturated heterocycles. The lowest BCUT2D eigenvalue weighted by molar-refractivity contribution is -0.140. The molecule has 1 amide bonds. The standard InChI is InChI=1S/C28H35N3O7/c1-5-38-28(35)23-17(2)21(18(3)29-23)25(32)22-24(19-9-6-7-10-20(19)36-4)31(27(34)26(22)33)12-8-11-30-13-15-37-16-14-30/h6-7,9-10,24,29,32H,5,8,11-16H2,1-4H3/t24-/m0/s1. The zero-order chi connectivity index (χ0) is 27.4. The largest absolute Gasteiger partial charge is 0.507 e. The van der Waals surface area contributed by atoms with E-state index in [9.17, 15) is 19.5 Å². The van der Waals surface area contributed by atoms with Gasteiger partial charge in [0, 0.05) is 43.0 Å². The first-order chi connectivity index (χ1) is 18.3. The number of aryl methyl sites for hydroxylation is 1. The molecule has 10 heteroatoms. The summed E-state index contributed by atoms with van der Waals surface area (Å²) in [5.41, 5.74) is 1.99. The zero-order valence-electron chi connectivity index (χ0n) is 22.3. The number of para-hydroxylation sites is 1. The molecule has 38 heavy (non-hydrogen) atoms. The van der Waals surface area contributed by atoms with Gasteiger partial charge < -0.3 is 29.2 Å². The molecule has 2 aliphatic heterocycles. The Hall–Kier alpha value is -3.63. The third kappa shape index (κ3) is 5.19. The van der Waals surface area contributed by atoms with Crippen LogP contribution < -0.4 is 4.74 Å². The maximum atomic E-state index is 13.5. The maximum absolute atomic E-state index is 13.5. The van der Waals surface area contributed by atoms with Gasteiger partial charge in [-0.25, -0.2) is 4.79 Å². The van der Waals surface area contributed by atoms with Crippen LogP contribution in [0, 0.1) is 13.8 Å². The fourth-order valence-electron chi connectivity index (χ4n) is 5.26. The molecule has 0 bridgehead atoms. The number of nitrogens with one attached hydrogen (secondary N) is 1. The number of esters is 1. The number of carbonyl (C=O) groups is 3. The fourth-order valence-corrected chi connectivity index (χ4v) is 5.26. The van der Waals surface area contributed by atoms with Crippen LogP contribution in [-0.4, -0.2) is 90.7 Å². The van der Waals surface area contributed by atoms with Crippen molar-refractivity contribution in [2.24, 2.45) is 0 Å². The topological polar surface area (TPSA) is 121 Å². The zero-order valence-corrected chi connectivity index (χ0v) is 22.3. The molecule has 2 aromatic rings. The Bertz CT molecular complexity index is 1240. The second-order valence-corrected chi connectivity index (χ2v) is 9.39. The molecule has 1 aromatic heterocycles. The lowest BCUT2D eigenvalue weighted by atomic mass is 9.93. The van der Waals surface area contributed by atoms with Crippen LogP contribution in [0.25, 0.3) is 5.76 Å². The molecule has 2 N–H and O–H groups in total. The number of benzene rings is 1. The van der Waals surface area contributed by atoms with E-state index in [1.807, 2.05) is 0 Å². The molecular formula is C28H35N3O7. The number of ketones is 1. The normalized spacial score (nSPS) is 19.7. The number of methoxy groups -OCH3 is 1. The molecule has 2 fully saturated rings. The van der Waals surface area contributed by atoms with Gasteiger partial charge in [-0.15, -0.1) is 0 Å². The first-order valence-corrected chi connectivity index (χ1v) is 12.9. The number of likely N-dealkylation sites (tertiary alicyclic amines) is 1. The summed E-state index contributed by atoms with van der Waals surface area (Å²) in [5, 5.41) is 11.6. The van der Waals surface area contributed by atoms with Crippen molar-refractivity contribution in [2.75, 3.05) is 53.1 Å². The molecule has 2 aliphatic rings. The molecular weight excluding hydrogens is 490 g/mol. The molecule has 0 unspecified atom stereocenters. The minimum atomic E-state index is -0.851. The van der Waals surface area contributed by atoms with Crippen molar-refractivity contribution in [3.05, 3.63) is 57.9 Å². The number of morpholine rings is 1. The van der Waals surface area contributed by atoms with Crippen LogP contribution in [0.1, 0.15) is 52.3 Å². The van der Waals surface area contributed by atoms with Crippen LogP contribution in [0.2, 0.25) is 0 Å². The number of aromatic nitrogens is 1. The Labute approximate surface area is 222 Å². The predicted molar refractivity (Wildman–Crippen MR) is 140 cm³/mol. The Morgan fingerprint density at radius 1 is 1.16 bits per heavy atom. The number of aromatic amines is 1. The van der Waals surface area contributed by atoms with Gasteiger partial charge in [0.1, 0.15) is 17.2 Å². The first kappa shape index (κ1) is 27.4.